The summed E-state index contributed by atoms with van der Waals surface area (Å²) >= 11 is 0. The van der Waals surface area contributed by atoms with Crippen LogP contribution in [0.25, 0.3) is 0 Å². The Morgan fingerprint density at radius 2 is 1.59 bits per heavy atom. The Bertz CT molecular complexity index is 228. The summed E-state index contributed by atoms with van der Waals surface area (Å²) in [5.41, 5.74) is 7.36. The summed E-state index contributed by atoms with van der Waals surface area (Å²) in [5.74, 6) is 1.56. The summed E-state index contributed by atoms with van der Waals surface area (Å²) in [6.07, 6.45) is 6.57. The zero-order chi connectivity index (χ0) is 13.3. The van der Waals surface area contributed by atoms with Crippen molar-refractivity contribution in [2.45, 2.75) is 79.7 Å². The van der Waals surface area contributed by atoms with Crippen molar-refractivity contribution in [3.05, 3.63) is 0 Å². The lowest BCUT2D eigenvalue weighted by molar-refractivity contribution is 0.342. The predicted octanol–water partition coefficient (Wildman–Crippen LogP) is 4.60. The van der Waals surface area contributed by atoms with E-state index in [0.717, 1.165) is 5.92 Å². The highest BCUT2D eigenvalue weighted by Gasteiger charge is 2.66. The monoisotopic (exact) mass is 239 g/mol. The van der Waals surface area contributed by atoms with Gasteiger partial charge < -0.3 is 5.73 Å². The molecular formula is C16H33N. The zero-order valence-corrected chi connectivity index (χ0v) is 12.8. The first-order valence-corrected chi connectivity index (χ1v) is 7.54. The number of hydrogen-bond donors (Lipinski definition) is 1. The first-order valence-electron chi connectivity index (χ1n) is 7.54. The molecule has 1 rings (SSSR count). The van der Waals surface area contributed by atoms with E-state index in [1.165, 1.54) is 32.1 Å². The van der Waals surface area contributed by atoms with Crippen LogP contribution >= 0.6 is 0 Å². The van der Waals surface area contributed by atoms with Gasteiger partial charge in [-0.3, -0.25) is 0 Å². The lowest BCUT2D eigenvalue weighted by atomic mass is 9.88. The van der Waals surface area contributed by atoms with Crippen LogP contribution in [0.3, 0.4) is 0 Å². The lowest BCUT2D eigenvalue weighted by Crippen LogP contribution is -2.28. The molecule has 2 atom stereocenters. The van der Waals surface area contributed by atoms with Gasteiger partial charge in [0.2, 0.25) is 0 Å². The summed E-state index contributed by atoms with van der Waals surface area (Å²) in [5, 5.41) is 0. The summed E-state index contributed by atoms with van der Waals surface area (Å²) in [4.78, 5) is 0. The second-order valence-electron chi connectivity index (χ2n) is 7.24. The Kier molecular flexibility index (Phi) is 4.68. The quantitative estimate of drug-likeness (QED) is 0.690. The van der Waals surface area contributed by atoms with E-state index in [1.807, 2.05) is 0 Å². The first kappa shape index (κ1) is 15.0. The van der Waals surface area contributed by atoms with Gasteiger partial charge in [-0.1, -0.05) is 67.2 Å². The molecule has 0 saturated heterocycles. The minimum Gasteiger partial charge on any atom is -0.327 e. The number of unbranched alkanes of at least 4 members (excludes halogenated alkanes) is 1. The molecule has 1 nitrogen and oxygen atoms in total. The van der Waals surface area contributed by atoms with Gasteiger partial charge in [0.1, 0.15) is 0 Å². The van der Waals surface area contributed by atoms with E-state index < -0.39 is 0 Å². The lowest BCUT2D eigenvalue weighted by Gasteiger charge is -2.21. The Morgan fingerprint density at radius 3 is 1.94 bits per heavy atom. The van der Waals surface area contributed by atoms with Crippen molar-refractivity contribution >= 4 is 0 Å². The smallest absolute Gasteiger partial charge is 0.00804 e. The van der Waals surface area contributed by atoms with Crippen LogP contribution in [0, 0.1) is 22.7 Å². The minimum atomic E-state index is 0.404. The van der Waals surface area contributed by atoms with E-state index >= 15 is 0 Å². The predicted molar refractivity (Wildman–Crippen MR) is 77.0 cm³/mol. The summed E-state index contributed by atoms with van der Waals surface area (Å²) in [6.45, 7) is 14.1. The molecule has 0 amide bonds. The fourth-order valence-corrected chi connectivity index (χ4v) is 3.82. The molecule has 0 aromatic rings. The number of rotatable bonds is 7. The fraction of sp³-hybridized carbons (Fsp3) is 1.00. The molecule has 0 heterocycles. The average molecular weight is 239 g/mol. The third kappa shape index (κ3) is 2.86. The van der Waals surface area contributed by atoms with E-state index in [2.05, 4.69) is 41.5 Å². The minimum absolute atomic E-state index is 0.404. The van der Waals surface area contributed by atoms with E-state index in [-0.39, 0.29) is 0 Å². The van der Waals surface area contributed by atoms with E-state index in [9.17, 15) is 0 Å². The Hall–Kier alpha value is -0.0400. The molecule has 2 N–H and O–H groups in total. The second-order valence-corrected chi connectivity index (χ2v) is 7.24. The molecule has 0 aliphatic heterocycles. The third-order valence-corrected chi connectivity index (χ3v) is 5.71. The van der Waals surface area contributed by atoms with Crippen molar-refractivity contribution in [3.8, 4) is 0 Å². The standard InChI is InChI=1S/C16H33N/c1-7-9-10-12(8-2)11-13(17)14-15(3,4)16(14,5)6/h12-14H,7-11,17H2,1-6H3. The van der Waals surface area contributed by atoms with Crippen LogP contribution < -0.4 is 5.73 Å². The first-order chi connectivity index (χ1) is 7.79. The van der Waals surface area contributed by atoms with Gasteiger partial charge in [0.25, 0.3) is 0 Å². The van der Waals surface area contributed by atoms with E-state index in [1.54, 1.807) is 0 Å². The van der Waals surface area contributed by atoms with Crippen LogP contribution in [-0.4, -0.2) is 6.04 Å². The van der Waals surface area contributed by atoms with Gasteiger partial charge in [-0.2, -0.15) is 0 Å². The maximum atomic E-state index is 6.48. The second kappa shape index (κ2) is 5.30. The molecule has 0 spiro atoms. The van der Waals surface area contributed by atoms with Crippen molar-refractivity contribution in [1.29, 1.82) is 0 Å². The molecule has 1 aliphatic carbocycles. The van der Waals surface area contributed by atoms with E-state index in [4.69, 9.17) is 5.73 Å². The van der Waals surface area contributed by atoms with Gasteiger partial charge in [0, 0.05) is 6.04 Å². The molecule has 0 radical (unpaired) electrons. The van der Waals surface area contributed by atoms with Gasteiger partial charge >= 0.3 is 0 Å². The van der Waals surface area contributed by atoms with Crippen LogP contribution in [0.2, 0.25) is 0 Å². The highest BCUT2D eigenvalue weighted by molar-refractivity contribution is 5.15. The number of nitrogens with two attached hydrogens (primary N) is 1. The van der Waals surface area contributed by atoms with Crippen molar-refractivity contribution in [2.75, 3.05) is 0 Å². The molecule has 0 aromatic carbocycles. The van der Waals surface area contributed by atoms with Crippen LogP contribution in [0.15, 0.2) is 0 Å². The van der Waals surface area contributed by atoms with Gasteiger partial charge in [-0.25, -0.2) is 0 Å². The van der Waals surface area contributed by atoms with Crippen LogP contribution in [0.1, 0.15) is 73.6 Å². The maximum Gasteiger partial charge on any atom is 0.00804 e. The highest BCUT2D eigenvalue weighted by Crippen LogP contribution is 2.69. The van der Waals surface area contributed by atoms with Crippen molar-refractivity contribution < 1.29 is 0 Å². The van der Waals surface area contributed by atoms with Crippen molar-refractivity contribution in [2.24, 2.45) is 28.4 Å². The van der Waals surface area contributed by atoms with Gasteiger partial charge in [0.05, 0.1) is 0 Å². The Morgan fingerprint density at radius 1 is 1.06 bits per heavy atom. The SMILES string of the molecule is CCCCC(CC)CC(N)C1C(C)(C)C1(C)C. The maximum absolute atomic E-state index is 6.48. The average Bonchev–Trinajstić information content (AvgIpc) is 2.64. The Balaban J connectivity index is 2.47. The fourth-order valence-electron chi connectivity index (χ4n) is 3.82. The summed E-state index contributed by atoms with van der Waals surface area (Å²) < 4.78 is 0. The van der Waals surface area contributed by atoms with Crippen molar-refractivity contribution in [3.63, 3.8) is 0 Å². The van der Waals surface area contributed by atoms with Gasteiger partial charge in [0.15, 0.2) is 0 Å². The summed E-state index contributed by atoms with van der Waals surface area (Å²) in [6, 6.07) is 0.404. The molecule has 1 aliphatic rings. The molecule has 1 saturated carbocycles. The Labute approximate surface area is 109 Å². The van der Waals surface area contributed by atoms with Crippen LogP contribution in [0.5, 0.6) is 0 Å². The van der Waals surface area contributed by atoms with Gasteiger partial charge in [-0.05, 0) is 29.1 Å². The number of hydrogen-bond acceptors (Lipinski definition) is 1. The normalized spacial score (nSPS) is 25.6. The molecule has 17 heavy (non-hydrogen) atoms. The molecule has 0 bridgehead atoms. The summed E-state index contributed by atoms with van der Waals surface area (Å²) in [7, 11) is 0. The van der Waals surface area contributed by atoms with E-state index in [0.29, 0.717) is 22.8 Å². The topological polar surface area (TPSA) is 26.0 Å². The van der Waals surface area contributed by atoms with Crippen molar-refractivity contribution in [1.82, 2.24) is 0 Å². The third-order valence-electron chi connectivity index (χ3n) is 5.71. The zero-order valence-electron chi connectivity index (χ0n) is 12.8. The largest absolute Gasteiger partial charge is 0.327 e. The van der Waals surface area contributed by atoms with Crippen LogP contribution in [0.4, 0.5) is 0 Å². The van der Waals surface area contributed by atoms with Crippen LogP contribution in [-0.2, 0) is 0 Å². The highest BCUT2D eigenvalue weighted by atomic mass is 14.8. The molecule has 102 valence electrons. The molecular weight excluding hydrogens is 206 g/mol. The molecule has 1 fully saturated rings. The molecule has 1 heteroatoms. The molecule has 0 aromatic heterocycles. The molecule has 2 unspecified atom stereocenters. The van der Waals surface area contributed by atoms with Gasteiger partial charge in [-0.15, -0.1) is 0 Å².